The van der Waals surface area contributed by atoms with E-state index in [-0.39, 0.29) is 52.6 Å². The van der Waals surface area contributed by atoms with Crippen molar-refractivity contribution in [2.24, 2.45) is 23.2 Å². The fraction of sp³-hybridized carbons (Fsp3) is 0.412. The largest absolute Gasteiger partial charge is 0.447 e. The first-order valence-corrected chi connectivity index (χ1v) is 16.6. The lowest BCUT2D eigenvalue weighted by Gasteiger charge is -2.35. The number of nitrogens with one attached hydrogen (secondary N) is 1. The molecule has 2 aliphatic rings. The molecule has 2 aromatic carbocycles. The maximum Gasteiger partial charge on any atom is 0.411 e. The van der Waals surface area contributed by atoms with Crippen LogP contribution in [0.15, 0.2) is 60.0 Å². The molecule has 3 heterocycles. The molecule has 1 aliphatic carbocycles. The van der Waals surface area contributed by atoms with Crippen LogP contribution in [0.1, 0.15) is 69.5 Å². The Kier molecular flexibility index (Phi) is 9.49. The lowest BCUT2D eigenvalue weighted by Crippen LogP contribution is -2.50. The zero-order valence-electron chi connectivity index (χ0n) is 28.8. The van der Waals surface area contributed by atoms with E-state index in [9.17, 15) is 31.5 Å². The van der Waals surface area contributed by atoms with Gasteiger partial charge in [0.1, 0.15) is 24.3 Å². The van der Waals surface area contributed by atoms with Crippen molar-refractivity contribution in [3.8, 4) is 16.9 Å². The van der Waals surface area contributed by atoms with Gasteiger partial charge in [-0.3, -0.25) is 14.4 Å². The van der Waals surface area contributed by atoms with Crippen LogP contribution in [0.3, 0.4) is 0 Å². The zero-order chi connectivity index (χ0) is 38.7. The van der Waals surface area contributed by atoms with Gasteiger partial charge in [0.15, 0.2) is 17.3 Å². The van der Waals surface area contributed by atoms with E-state index in [4.69, 9.17) is 22.1 Å². The van der Waals surface area contributed by atoms with Crippen molar-refractivity contribution in [1.29, 1.82) is 0 Å². The van der Waals surface area contributed by atoms with Crippen LogP contribution in [0.25, 0.3) is 16.9 Å². The number of ether oxygens (including phenoxy) is 1. The molecule has 282 valence electrons. The number of amides is 2. The first-order valence-electron chi connectivity index (χ1n) is 16.2. The van der Waals surface area contributed by atoms with Crippen LogP contribution in [-0.4, -0.2) is 65.7 Å². The Bertz CT molecular complexity index is 2090. The van der Waals surface area contributed by atoms with E-state index in [1.807, 2.05) is 26.1 Å². The van der Waals surface area contributed by atoms with Crippen LogP contribution in [0.5, 0.6) is 0 Å². The van der Waals surface area contributed by atoms with Gasteiger partial charge in [0.05, 0.1) is 22.4 Å². The maximum absolute atomic E-state index is 15.8. The molecule has 2 aromatic heterocycles. The summed E-state index contributed by atoms with van der Waals surface area (Å²) in [6.07, 6.45) is -7.40. The molecule has 1 aliphatic heterocycles. The molecule has 3 N–H and O–H groups in total. The Labute approximate surface area is 304 Å². The number of hydrogen-bond acceptors (Lipinski definition) is 8. The topological polar surface area (TPSA) is 146 Å². The average molecular weight is 766 g/mol. The molecule has 1 fully saturated rings. The minimum atomic E-state index is -4.74. The van der Waals surface area contributed by atoms with E-state index >= 15 is 4.39 Å². The maximum atomic E-state index is 15.8. The summed E-state index contributed by atoms with van der Waals surface area (Å²) >= 11 is 6.40. The Morgan fingerprint density at radius 3 is 2.42 bits per heavy atom. The van der Waals surface area contributed by atoms with Gasteiger partial charge < -0.3 is 15.8 Å². The predicted octanol–water partition coefficient (Wildman–Crippen LogP) is 6.75. The van der Waals surface area contributed by atoms with E-state index in [0.29, 0.717) is 5.69 Å². The number of rotatable bonds is 10. The first kappa shape index (κ1) is 37.6. The van der Waals surface area contributed by atoms with Gasteiger partial charge in [-0.2, -0.15) is 23.4 Å². The van der Waals surface area contributed by atoms with Gasteiger partial charge in [-0.05, 0) is 66.1 Å². The number of halogens is 7. The quantitative estimate of drug-likeness (QED) is 0.170. The number of aromatic nitrogens is 5. The highest BCUT2D eigenvalue weighted by atomic mass is 35.5. The van der Waals surface area contributed by atoms with Gasteiger partial charge in [0.2, 0.25) is 0 Å². The molecule has 12 nitrogen and oxygen atoms in total. The summed E-state index contributed by atoms with van der Waals surface area (Å²) in [6.45, 7) is 4.72. The van der Waals surface area contributed by atoms with Crippen molar-refractivity contribution in [3.05, 3.63) is 82.8 Å². The van der Waals surface area contributed by atoms with E-state index in [0.717, 1.165) is 22.0 Å². The first-order chi connectivity index (χ1) is 24.7. The van der Waals surface area contributed by atoms with Gasteiger partial charge in [0, 0.05) is 18.8 Å². The molecule has 2 amide bonds. The third-order valence-corrected chi connectivity index (χ3v) is 9.34. The lowest BCUT2D eigenvalue weighted by molar-refractivity contribution is -0.164. The van der Waals surface area contributed by atoms with Crippen molar-refractivity contribution in [2.75, 3.05) is 6.61 Å². The van der Waals surface area contributed by atoms with Crippen LogP contribution in [0.4, 0.5) is 31.1 Å². The lowest BCUT2D eigenvalue weighted by atomic mass is 9.75. The molecule has 0 spiro atoms. The summed E-state index contributed by atoms with van der Waals surface area (Å²) in [4.78, 5) is 36.9. The molecular formula is C34H34ClF6N9O3. The Morgan fingerprint density at radius 2 is 1.83 bits per heavy atom. The molecule has 1 saturated carbocycles. The molecule has 0 unspecified atom stereocenters. The van der Waals surface area contributed by atoms with Crippen molar-refractivity contribution >= 4 is 29.6 Å². The van der Waals surface area contributed by atoms with Crippen molar-refractivity contribution < 1.29 is 40.7 Å². The fourth-order valence-corrected chi connectivity index (χ4v) is 6.61. The van der Waals surface area contributed by atoms with Gasteiger partial charge in [0.25, 0.3) is 12.3 Å². The molecule has 4 aromatic rings. The van der Waals surface area contributed by atoms with Crippen LogP contribution < -0.4 is 11.1 Å². The summed E-state index contributed by atoms with van der Waals surface area (Å²) in [7, 11) is 1.68. The summed E-state index contributed by atoms with van der Waals surface area (Å²) < 4.78 is 92.0. The van der Waals surface area contributed by atoms with Crippen LogP contribution in [-0.2, 0) is 22.1 Å². The normalized spacial score (nSPS) is 19.1. The molecule has 53 heavy (non-hydrogen) atoms. The average Bonchev–Trinajstić information content (AvgIpc) is 3.37. The van der Waals surface area contributed by atoms with Gasteiger partial charge in [-0.15, -0.1) is 0 Å². The molecule has 0 bridgehead atoms. The van der Waals surface area contributed by atoms with E-state index in [2.05, 4.69) is 20.2 Å². The number of guanidine groups is 1. The van der Waals surface area contributed by atoms with Crippen molar-refractivity contribution in [2.45, 2.75) is 69.8 Å². The van der Waals surface area contributed by atoms with Crippen LogP contribution in [0.2, 0.25) is 5.02 Å². The number of hydrogen-bond donors (Lipinski definition) is 2. The number of aryl methyl sites for hydroxylation is 1. The Balaban J connectivity index is 1.43. The number of alkyl carbamates (subject to hydrolysis) is 1. The van der Waals surface area contributed by atoms with E-state index in [1.165, 1.54) is 35.0 Å². The number of carbonyl (C=O) groups is 2. The van der Waals surface area contributed by atoms with Crippen LogP contribution in [0, 0.1) is 11.2 Å². The highest BCUT2D eigenvalue weighted by molar-refractivity contribution is 6.32. The van der Waals surface area contributed by atoms with Gasteiger partial charge >= 0.3 is 12.3 Å². The van der Waals surface area contributed by atoms with Crippen molar-refractivity contribution in [3.63, 3.8) is 0 Å². The van der Waals surface area contributed by atoms with E-state index in [1.54, 1.807) is 19.3 Å². The minimum Gasteiger partial charge on any atom is -0.447 e. The number of carbonyl (C=O) groups excluding carboxylic acids is 2. The second-order valence-corrected chi connectivity index (χ2v) is 14.6. The molecule has 6 rings (SSSR count). The minimum absolute atomic E-state index is 0.00312. The number of benzene rings is 2. The summed E-state index contributed by atoms with van der Waals surface area (Å²) in [5.74, 6) is -2.61. The summed E-state index contributed by atoms with van der Waals surface area (Å²) in [6, 6.07) is 8.33. The highest BCUT2D eigenvalue weighted by Crippen LogP contribution is 2.49. The predicted molar refractivity (Wildman–Crippen MR) is 179 cm³/mol. The summed E-state index contributed by atoms with van der Waals surface area (Å²) in [5.41, 5.74) is 2.23. The Morgan fingerprint density at radius 1 is 1.11 bits per heavy atom. The molecule has 2 atom stereocenters. The monoisotopic (exact) mass is 765 g/mol. The molecule has 0 radical (unpaired) electrons. The zero-order valence-corrected chi connectivity index (χ0v) is 29.5. The molecule has 0 saturated heterocycles. The molecular weight excluding hydrogens is 732 g/mol. The second-order valence-electron chi connectivity index (χ2n) is 14.2. The van der Waals surface area contributed by atoms with Gasteiger partial charge in [-0.25, -0.2) is 32.6 Å². The number of aliphatic imine (C=N–C) groups is 1. The SMILES string of the molecule is Cn1ccc(-c2ccc([C@@]3(CC(C)(C)C)N=C(N)N([C@H](COC(=O)NC4(C(F)(F)F)CC4)c4ccc(Cl)c(-n5ncnc5C(F)F)c4)C3=O)cc2F)n1. The fourth-order valence-electron chi connectivity index (χ4n) is 6.41. The third kappa shape index (κ3) is 7.15. The standard InChI is InChI=1S/C34H34ClF6N9O3/c1-31(2,3)16-33(19-6-7-20(22(36)14-19)23-9-12-48(4)47-23)28(51)49(29(42)45-33)25(15-53-30(52)46-32(10-11-32)34(39,40)41)18-5-8-21(35)24(13-18)50-27(26(37)38)43-17-44-50/h5-9,12-14,17,25-26H,10-11,15-16H2,1-4H3,(H2,42,45)(H,46,52)/t25-,33-/m1/s1. The smallest absolute Gasteiger partial charge is 0.411 e. The Hall–Kier alpha value is -5.13. The van der Waals surface area contributed by atoms with Crippen LogP contribution >= 0.6 is 11.6 Å². The third-order valence-electron chi connectivity index (χ3n) is 9.02. The van der Waals surface area contributed by atoms with E-state index < -0.39 is 65.4 Å². The number of nitrogens with two attached hydrogens (primary N) is 1. The highest BCUT2D eigenvalue weighted by Gasteiger charge is 2.64. The van der Waals surface area contributed by atoms with Gasteiger partial charge in [-0.1, -0.05) is 44.5 Å². The number of alkyl halides is 5. The summed E-state index contributed by atoms with van der Waals surface area (Å²) in [5, 5.41) is 9.90. The van der Waals surface area contributed by atoms with Crippen molar-refractivity contribution in [1.82, 2.24) is 34.8 Å². The number of nitrogens with zero attached hydrogens (tertiary/aromatic N) is 7. The second kappa shape index (κ2) is 13.4. The molecule has 19 heteroatoms.